The molecule has 0 aromatic carbocycles. The molecule has 29 heavy (non-hydrogen) atoms. The second-order valence-corrected chi connectivity index (χ2v) is 10.4. The minimum atomic E-state index is 0.313. The Hall–Kier alpha value is -1.75. The van der Waals surface area contributed by atoms with Crippen LogP contribution < -0.4 is 5.73 Å². The summed E-state index contributed by atoms with van der Waals surface area (Å²) in [6, 6.07) is 0. The van der Waals surface area contributed by atoms with Crippen LogP contribution in [-0.4, -0.2) is 49.2 Å². The van der Waals surface area contributed by atoms with Gasteiger partial charge in [-0.15, -0.1) is 0 Å². The van der Waals surface area contributed by atoms with Gasteiger partial charge in [-0.25, -0.2) is 0 Å². The van der Waals surface area contributed by atoms with Crippen LogP contribution in [0.25, 0.3) is 0 Å². The number of allylic oxidation sites excluding steroid dienone is 4. The van der Waals surface area contributed by atoms with E-state index in [0.29, 0.717) is 39.4 Å². The van der Waals surface area contributed by atoms with Crippen molar-refractivity contribution < 1.29 is 0 Å². The summed E-state index contributed by atoms with van der Waals surface area (Å²) in [4.78, 5) is 6.60. The van der Waals surface area contributed by atoms with Crippen LogP contribution in [0, 0.1) is 27.6 Å². The zero-order chi connectivity index (χ0) is 21.7. The predicted octanol–water partition coefficient (Wildman–Crippen LogP) is 4.83. The van der Waals surface area contributed by atoms with Crippen LogP contribution in [0.3, 0.4) is 0 Å². The summed E-state index contributed by atoms with van der Waals surface area (Å²) in [5.41, 5.74) is 8.91. The fourth-order valence-corrected chi connectivity index (χ4v) is 4.63. The second-order valence-electron chi connectivity index (χ2n) is 10.4. The van der Waals surface area contributed by atoms with Crippen molar-refractivity contribution in [3.63, 3.8) is 0 Å². The zero-order valence-corrected chi connectivity index (χ0v) is 19.1. The van der Waals surface area contributed by atoms with Crippen LogP contribution >= 0.6 is 0 Å². The van der Waals surface area contributed by atoms with E-state index in [1.807, 2.05) is 0 Å². The van der Waals surface area contributed by atoms with Gasteiger partial charge < -0.3 is 21.5 Å². The lowest BCUT2D eigenvalue weighted by atomic mass is 9.56. The number of rotatable bonds is 8. The van der Waals surface area contributed by atoms with Crippen LogP contribution in [0.15, 0.2) is 28.4 Å². The second kappa shape index (κ2) is 9.84. The smallest absolute Gasteiger partial charge is 0.0645 e. The molecule has 0 unspecified atom stereocenters. The Kier molecular flexibility index (Phi) is 7.98. The van der Waals surface area contributed by atoms with E-state index in [1.54, 1.807) is 32.3 Å². The van der Waals surface area contributed by atoms with Gasteiger partial charge in [-0.2, -0.15) is 0 Å². The maximum Gasteiger partial charge on any atom is 0.0645 e. The maximum atomic E-state index is 8.27. The van der Waals surface area contributed by atoms with Gasteiger partial charge in [0.05, 0.1) is 5.71 Å². The van der Waals surface area contributed by atoms with Crippen molar-refractivity contribution in [1.29, 1.82) is 10.8 Å². The number of hydrogen-bond acceptors (Lipinski definition) is 5. The summed E-state index contributed by atoms with van der Waals surface area (Å²) in [5.74, 6) is 0.630. The van der Waals surface area contributed by atoms with Gasteiger partial charge in [0.2, 0.25) is 0 Å². The minimum Gasteiger partial charge on any atom is -0.402 e. The molecular formula is C24H41N5. The summed E-state index contributed by atoms with van der Waals surface area (Å²) >= 11 is 0. The average Bonchev–Trinajstić information content (AvgIpc) is 2.61. The lowest BCUT2D eigenvalue weighted by Crippen LogP contribution is -2.47. The van der Waals surface area contributed by atoms with E-state index in [9.17, 15) is 0 Å². The lowest BCUT2D eigenvalue weighted by Gasteiger charge is -2.52. The Morgan fingerprint density at radius 3 is 2.31 bits per heavy atom. The first-order valence-corrected chi connectivity index (χ1v) is 11.0. The highest BCUT2D eigenvalue weighted by Crippen LogP contribution is 2.53. The van der Waals surface area contributed by atoms with Gasteiger partial charge in [-0.3, -0.25) is 4.99 Å². The van der Waals surface area contributed by atoms with Crippen LogP contribution in [0.4, 0.5) is 0 Å². The van der Waals surface area contributed by atoms with Gasteiger partial charge in [0.25, 0.3) is 0 Å². The molecule has 1 saturated carbocycles. The molecule has 2 fully saturated rings. The molecule has 5 heteroatoms. The molecule has 0 radical (unpaired) electrons. The van der Waals surface area contributed by atoms with Crippen molar-refractivity contribution in [2.24, 2.45) is 27.5 Å². The van der Waals surface area contributed by atoms with E-state index in [1.165, 1.54) is 51.7 Å². The van der Waals surface area contributed by atoms with E-state index < -0.39 is 0 Å². The Morgan fingerprint density at radius 2 is 1.79 bits per heavy atom. The van der Waals surface area contributed by atoms with Crippen molar-refractivity contribution in [3.8, 4) is 0 Å². The van der Waals surface area contributed by atoms with Crippen LogP contribution in [-0.2, 0) is 0 Å². The summed E-state index contributed by atoms with van der Waals surface area (Å²) < 4.78 is 0. The largest absolute Gasteiger partial charge is 0.402 e. The molecule has 1 aliphatic carbocycles. The number of likely N-dealkylation sites (tertiary alicyclic amines) is 1. The van der Waals surface area contributed by atoms with Crippen LogP contribution in [0.5, 0.6) is 0 Å². The predicted molar refractivity (Wildman–Crippen MR) is 125 cm³/mol. The van der Waals surface area contributed by atoms with E-state index in [2.05, 4.69) is 30.7 Å². The fourth-order valence-electron chi connectivity index (χ4n) is 4.63. The van der Waals surface area contributed by atoms with Gasteiger partial charge in [0, 0.05) is 30.2 Å². The first-order chi connectivity index (χ1) is 13.5. The van der Waals surface area contributed by atoms with Gasteiger partial charge in [-0.05, 0) is 94.0 Å². The van der Waals surface area contributed by atoms with Crippen molar-refractivity contribution >= 4 is 17.6 Å². The molecule has 0 aromatic heterocycles. The SMILES string of the molecule is CN=CC(C(=N)/C=C\C(=N)CC1CC2(CCN(CCC(C)(C)C)CC2)C1)=C(C)N. The third-order valence-electron chi connectivity index (χ3n) is 6.47. The molecule has 1 saturated heterocycles. The topological polar surface area (TPSA) is 89.3 Å². The van der Waals surface area contributed by atoms with Crippen molar-refractivity contribution in [2.75, 3.05) is 26.7 Å². The summed E-state index contributed by atoms with van der Waals surface area (Å²) in [6.45, 7) is 12.5. The van der Waals surface area contributed by atoms with E-state index in [-0.39, 0.29) is 0 Å². The Bertz CT molecular complexity index is 673. The molecular weight excluding hydrogens is 358 g/mol. The number of nitrogens with zero attached hydrogens (tertiary/aromatic N) is 2. The molecule has 0 atom stereocenters. The monoisotopic (exact) mass is 399 g/mol. The average molecular weight is 400 g/mol. The highest BCUT2D eigenvalue weighted by Gasteiger charge is 2.45. The first kappa shape index (κ1) is 23.5. The summed E-state index contributed by atoms with van der Waals surface area (Å²) in [7, 11) is 1.67. The molecule has 4 N–H and O–H groups in total. The number of piperidine rings is 1. The maximum absolute atomic E-state index is 8.27. The quantitative estimate of drug-likeness (QED) is 0.510. The number of nitrogens with two attached hydrogens (primary N) is 1. The molecule has 0 amide bonds. The summed E-state index contributed by atoms with van der Waals surface area (Å²) in [6.07, 6.45) is 12.3. The fraction of sp³-hybridized carbons (Fsp3) is 0.708. The third-order valence-corrected chi connectivity index (χ3v) is 6.47. The van der Waals surface area contributed by atoms with E-state index >= 15 is 0 Å². The van der Waals surface area contributed by atoms with Crippen molar-refractivity contribution in [2.45, 2.75) is 66.2 Å². The van der Waals surface area contributed by atoms with Crippen molar-refractivity contribution in [3.05, 3.63) is 23.4 Å². The standard InChI is InChI=1S/C24H41N5/c1-18(25)21(17-28-5)22(27)7-6-20(26)14-19-15-24(16-19)9-12-29(13-10-24)11-8-23(2,3)4/h6-7,17,19,26-27H,8-16,25H2,1-5H3/b7-6-,21-18?,26-20?,27-22?,28-17?. The Morgan fingerprint density at radius 1 is 1.17 bits per heavy atom. The molecule has 0 bridgehead atoms. The molecule has 1 aliphatic heterocycles. The first-order valence-electron chi connectivity index (χ1n) is 11.0. The van der Waals surface area contributed by atoms with Crippen LogP contribution in [0.2, 0.25) is 0 Å². The normalized spacial score (nSPS) is 21.6. The van der Waals surface area contributed by atoms with Crippen LogP contribution in [0.1, 0.15) is 66.2 Å². The van der Waals surface area contributed by atoms with Gasteiger partial charge in [-0.1, -0.05) is 20.8 Å². The molecule has 2 aliphatic rings. The Balaban J connectivity index is 1.73. The third kappa shape index (κ3) is 7.22. The minimum absolute atomic E-state index is 0.313. The van der Waals surface area contributed by atoms with E-state index in [0.717, 1.165) is 6.42 Å². The number of aliphatic imine (C=N–C) groups is 1. The molecule has 1 heterocycles. The zero-order valence-electron chi connectivity index (χ0n) is 19.1. The number of hydrogen-bond donors (Lipinski definition) is 3. The van der Waals surface area contributed by atoms with E-state index in [4.69, 9.17) is 16.6 Å². The Labute approximate surface area is 177 Å². The van der Waals surface area contributed by atoms with Crippen molar-refractivity contribution in [1.82, 2.24) is 4.90 Å². The molecule has 5 nitrogen and oxygen atoms in total. The lowest BCUT2D eigenvalue weighted by molar-refractivity contribution is -0.0120. The highest BCUT2D eigenvalue weighted by molar-refractivity contribution is 6.21. The highest BCUT2D eigenvalue weighted by atomic mass is 15.1. The molecule has 162 valence electrons. The molecule has 1 spiro atoms. The van der Waals surface area contributed by atoms with Gasteiger partial charge >= 0.3 is 0 Å². The number of nitrogens with one attached hydrogen (secondary N) is 2. The van der Waals surface area contributed by atoms with Gasteiger partial charge in [0.15, 0.2) is 0 Å². The molecule has 0 aromatic rings. The van der Waals surface area contributed by atoms with Gasteiger partial charge in [0.1, 0.15) is 0 Å². The summed E-state index contributed by atoms with van der Waals surface area (Å²) in [5, 5.41) is 16.4. The molecule has 2 rings (SSSR count).